The van der Waals surface area contributed by atoms with Crippen molar-refractivity contribution in [3.05, 3.63) is 182 Å². The Kier molecular flexibility index (Phi) is 21.1. The zero-order chi connectivity index (χ0) is 52.7. The minimum atomic E-state index is -3.35. The van der Waals surface area contributed by atoms with Crippen molar-refractivity contribution in [1.82, 2.24) is 0 Å². The van der Waals surface area contributed by atoms with Crippen LogP contribution >= 0.6 is 0 Å². The Balaban J connectivity index is 1.43. The number of hydrogen-bond donors (Lipinski definition) is 0. The molecule has 392 valence electrons. The van der Waals surface area contributed by atoms with Crippen LogP contribution in [0.25, 0.3) is 0 Å². The van der Waals surface area contributed by atoms with E-state index >= 15 is 0 Å². The maximum atomic E-state index is 8.13. The molecule has 9 nitrogen and oxygen atoms in total. The Morgan fingerprint density at radius 3 is 1.05 bits per heavy atom. The zero-order valence-corrected chi connectivity index (χ0v) is 53.7. The van der Waals surface area contributed by atoms with Gasteiger partial charge in [-0.05, 0) is 121 Å². The lowest BCUT2D eigenvalue weighted by atomic mass is 10.4. The first-order valence-electron chi connectivity index (χ1n) is 25.8. The second kappa shape index (κ2) is 26.2. The lowest BCUT2D eigenvalue weighted by Gasteiger charge is -2.47. The second-order valence-electron chi connectivity index (χ2n) is 20.9. The molecule has 0 aliphatic rings. The molecule has 3 atom stereocenters. The molecule has 0 spiro atoms. The second-order valence-corrected chi connectivity index (χ2v) is 50.1. The van der Waals surface area contributed by atoms with Crippen molar-refractivity contribution in [2.45, 2.75) is 95.9 Å². The van der Waals surface area contributed by atoms with Crippen molar-refractivity contribution in [1.29, 1.82) is 0 Å². The van der Waals surface area contributed by atoms with Crippen LogP contribution < -0.4 is 31.1 Å². The van der Waals surface area contributed by atoms with Crippen molar-refractivity contribution >= 4 is 98.9 Å². The van der Waals surface area contributed by atoms with E-state index in [4.69, 9.17) is 38.6 Å². The van der Waals surface area contributed by atoms with Gasteiger partial charge in [0.1, 0.15) is 0 Å². The Morgan fingerprint density at radius 1 is 0.315 bits per heavy atom. The normalized spacial score (nSPS) is 15.3. The van der Waals surface area contributed by atoms with Crippen LogP contribution in [0, 0.1) is 0 Å². The molecule has 0 amide bonds. The molecule has 73 heavy (non-hydrogen) atoms. The molecule has 3 unspecified atom stereocenters. The minimum absolute atomic E-state index is 0.553. The molecule has 0 aliphatic heterocycles. The van der Waals surface area contributed by atoms with Gasteiger partial charge < -0.3 is 38.6 Å². The van der Waals surface area contributed by atoms with Crippen LogP contribution in [0.4, 0.5) is 0 Å². The highest BCUT2D eigenvalue weighted by atomic mass is 28.5. The van der Waals surface area contributed by atoms with Crippen molar-refractivity contribution in [3.63, 3.8) is 0 Å². The Hall–Kier alpha value is -3.30. The third kappa shape index (κ3) is 15.9. The van der Waals surface area contributed by atoms with Gasteiger partial charge in [0, 0.05) is 40.6 Å². The lowest BCUT2D eigenvalue weighted by molar-refractivity contribution is 0.107. The summed E-state index contributed by atoms with van der Waals surface area (Å²) in [6.45, 7) is 22.0. The van der Waals surface area contributed by atoms with Crippen molar-refractivity contribution < 1.29 is 38.6 Å². The van der Waals surface area contributed by atoms with E-state index in [0.717, 1.165) is 24.1 Å². The summed E-state index contributed by atoms with van der Waals surface area (Å²) in [4.78, 5) is 0. The van der Waals surface area contributed by atoms with Gasteiger partial charge >= 0.3 is 34.5 Å². The first-order chi connectivity index (χ1) is 34.8. The molecule has 6 aromatic rings. The Morgan fingerprint density at radius 2 is 0.658 bits per heavy atom. The van der Waals surface area contributed by atoms with E-state index in [2.05, 4.69) is 241 Å². The van der Waals surface area contributed by atoms with Crippen molar-refractivity contribution in [2.75, 3.05) is 34.5 Å². The van der Waals surface area contributed by atoms with Crippen LogP contribution in [0.5, 0.6) is 0 Å². The van der Waals surface area contributed by atoms with E-state index in [-0.39, 0.29) is 0 Å². The van der Waals surface area contributed by atoms with E-state index in [9.17, 15) is 0 Å². The predicted molar refractivity (Wildman–Crippen MR) is 321 cm³/mol. The first kappa shape index (κ1) is 58.9. The van der Waals surface area contributed by atoms with Gasteiger partial charge in [-0.2, -0.15) is 0 Å². The van der Waals surface area contributed by atoms with Gasteiger partial charge in [-0.25, -0.2) is 0 Å². The van der Waals surface area contributed by atoms with E-state index in [0.29, 0.717) is 31.3 Å². The fourth-order valence-electron chi connectivity index (χ4n) is 10.1. The average molecular weight is 1120 g/mol. The number of ether oxygens (including phenoxy) is 1. The van der Waals surface area contributed by atoms with Gasteiger partial charge in [0.15, 0.2) is 8.32 Å². The third-order valence-corrected chi connectivity index (χ3v) is 47.7. The number of hydrogen-bond acceptors (Lipinski definition) is 9. The minimum Gasteiger partial charge on any atom is -0.449 e. The largest absolute Gasteiger partial charge is 0.500 e. The van der Waals surface area contributed by atoms with Crippen LogP contribution in [0.2, 0.25) is 83.1 Å². The number of benzene rings is 6. The molecule has 0 fully saturated rings. The van der Waals surface area contributed by atoms with Gasteiger partial charge in [0.2, 0.25) is 25.0 Å². The topological polar surface area (TPSA) is 83.1 Å². The summed E-state index contributed by atoms with van der Waals surface area (Å²) in [5.41, 5.74) is 0. The molecule has 0 bridgehead atoms. The van der Waals surface area contributed by atoms with Gasteiger partial charge in [-0.3, -0.25) is 0 Å². The summed E-state index contributed by atoms with van der Waals surface area (Å²) in [6, 6.07) is 67.5. The van der Waals surface area contributed by atoms with Crippen LogP contribution in [0.3, 0.4) is 0 Å². The van der Waals surface area contributed by atoms with Gasteiger partial charge in [0.25, 0.3) is 0 Å². The molecule has 0 N–H and O–H groups in total. The van der Waals surface area contributed by atoms with Crippen LogP contribution in [0.1, 0.15) is 12.8 Å². The van der Waals surface area contributed by atoms with Gasteiger partial charge in [0.05, 0.1) is 0 Å². The monoisotopic (exact) mass is 1120 g/mol. The SMILES string of the molecule is CO[Si](CCCOCCC[Si](C)(O[Si](C)(CC[Si](C)(C)O[Si](C)(c1ccccc1)c1ccccc1)O[Si](C)(O[Si](C)(C)c1ccccc1)c1ccccc1)O[Si](C)(c1ccccc1)c1ccccc1)(OC)OC. The Bertz CT molecular complexity index is 2450. The molecule has 0 heterocycles. The highest BCUT2D eigenvalue weighted by molar-refractivity contribution is 7.03. The number of rotatable bonds is 30. The lowest BCUT2D eigenvalue weighted by Crippen LogP contribution is -2.69. The summed E-state index contributed by atoms with van der Waals surface area (Å²) in [5, 5.41) is 7.23. The maximum Gasteiger partial charge on any atom is 0.500 e. The fourth-order valence-corrected chi connectivity index (χ4v) is 48.2. The van der Waals surface area contributed by atoms with E-state index in [1.54, 1.807) is 21.3 Å². The summed E-state index contributed by atoms with van der Waals surface area (Å²) >= 11 is 0. The van der Waals surface area contributed by atoms with E-state index < -0.39 is 67.8 Å². The highest BCUT2D eigenvalue weighted by Crippen LogP contribution is 2.35. The van der Waals surface area contributed by atoms with Crippen LogP contribution in [-0.4, -0.2) is 102 Å². The third-order valence-electron chi connectivity index (χ3n) is 14.1. The molecule has 0 saturated heterocycles. The zero-order valence-electron chi connectivity index (χ0n) is 45.7. The molecule has 17 heteroatoms. The molecular formula is C56H82O9Si8. The maximum absolute atomic E-state index is 8.13. The first-order valence-corrected chi connectivity index (χ1v) is 46.0. The highest BCUT2D eigenvalue weighted by Gasteiger charge is 2.54. The molecule has 0 saturated carbocycles. The van der Waals surface area contributed by atoms with Crippen LogP contribution in [0.15, 0.2) is 182 Å². The fraction of sp³-hybridized carbons (Fsp3) is 0.357. The quantitative estimate of drug-likeness (QED) is 0.0324. The van der Waals surface area contributed by atoms with Gasteiger partial charge in [-0.15, -0.1) is 0 Å². The summed E-state index contributed by atoms with van der Waals surface area (Å²) < 4.78 is 63.1. The molecule has 0 aromatic heterocycles. The molecule has 0 aliphatic carbocycles. The summed E-state index contributed by atoms with van der Waals surface area (Å²) in [6.07, 6.45) is 1.51. The van der Waals surface area contributed by atoms with E-state index in [1.165, 1.54) is 25.9 Å². The molecule has 0 radical (unpaired) electrons. The van der Waals surface area contributed by atoms with E-state index in [1.807, 2.05) is 0 Å². The summed E-state index contributed by atoms with van der Waals surface area (Å²) in [7, 11) is -18.3. The van der Waals surface area contributed by atoms with Crippen molar-refractivity contribution in [2.24, 2.45) is 0 Å². The summed E-state index contributed by atoms with van der Waals surface area (Å²) in [5.74, 6) is 0. The van der Waals surface area contributed by atoms with Gasteiger partial charge in [-0.1, -0.05) is 182 Å². The molecular weight excluding hydrogens is 1040 g/mol. The molecule has 6 rings (SSSR count). The van der Waals surface area contributed by atoms with Crippen molar-refractivity contribution in [3.8, 4) is 0 Å². The standard InChI is InChI=1S/C56H82O9Si8/c1-57-73(58-2,59-3)48-32-46-60-45-31-47-68(8,64-71(11,54-39-25-16-26-40-54)55-41-27-17-28-42-55)63-69(9,65-72(12,56-43-29-18-30-44-56)62-67(6,7)51-33-19-13-20-34-51)50-49-66(4,5)61-70(10,52-35-21-14-22-36-52)53-37-23-15-24-38-53/h13-30,33-44H,31-32,45-50H2,1-12H3. The predicted octanol–water partition coefficient (Wildman–Crippen LogP) is 9.96. The Labute approximate surface area is 447 Å². The van der Waals surface area contributed by atoms with Crippen LogP contribution in [-0.2, 0) is 38.6 Å². The molecule has 6 aromatic carbocycles. The smallest absolute Gasteiger partial charge is 0.449 e. The average Bonchev–Trinajstić information content (AvgIpc) is 3.40.